The van der Waals surface area contributed by atoms with E-state index in [1.807, 2.05) is 0 Å². The Kier molecular flexibility index (Phi) is 6.41. The van der Waals surface area contributed by atoms with Crippen molar-refractivity contribution in [3.8, 4) is 0 Å². The van der Waals surface area contributed by atoms with Gasteiger partial charge in [-0.2, -0.15) is 13.4 Å². The molecule has 0 aliphatic carbocycles. The molecule has 1 aliphatic heterocycles. The Balaban J connectivity index is 2.26. The van der Waals surface area contributed by atoms with Crippen molar-refractivity contribution in [1.82, 2.24) is 9.55 Å². The van der Waals surface area contributed by atoms with Crippen LogP contribution in [0.5, 0.6) is 0 Å². The molecule has 28 heavy (non-hydrogen) atoms. The molecule has 2 heterocycles. The van der Waals surface area contributed by atoms with E-state index in [1.165, 1.54) is 0 Å². The van der Waals surface area contributed by atoms with Crippen molar-refractivity contribution < 1.29 is 26.2 Å². The van der Waals surface area contributed by atoms with Crippen molar-refractivity contribution >= 4 is 24.3 Å². The van der Waals surface area contributed by atoms with Crippen LogP contribution in [0.4, 0.5) is 10.2 Å². The summed E-state index contributed by atoms with van der Waals surface area (Å²) in [5.74, 6) is -1.46. The predicted molar refractivity (Wildman–Crippen MR) is 104 cm³/mol. The molecule has 160 valence electrons. The molecule has 2 N–H and O–H groups in total. The normalized spacial score (nSPS) is 23.9. The van der Waals surface area contributed by atoms with Gasteiger partial charge in [0.25, 0.3) is 10.1 Å². The number of nitrogens with zero attached hydrogens (tertiary/aromatic N) is 2. The molecule has 1 aromatic heterocycles. The van der Waals surface area contributed by atoms with E-state index in [4.69, 9.17) is 19.1 Å². The van der Waals surface area contributed by atoms with Gasteiger partial charge < -0.3 is 14.9 Å². The van der Waals surface area contributed by atoms with Gasteiger partial charge >= 0.3 is 5.69 Å². The molecule has 0 saturated carbocycles. The molecule has 0 aromatic carbocycles. The number of nitrogens with two attached hydrogens (primary N) is 1. The van der Waals surface area contributed by atoms with E-state index in [2.05, 4.69) is 38.8 Å². The van der Waals surface area contributed by atoms with Crippen LogP contribution in [-0.4, -0.2) is 51.4 Å². The van der Waals surface area contributed by atoms with Gasteiger partial charge in [-0.1, -0.05) is 20.8 Å². The number of rotatable bonds is 6. The van der Waals surface area contributed by atoms with Crippen molar-refractivity contribution in [2.45, 2.75) is 63.8 Å². The van der Waals surface area contributed by atoms with Crippen molar-refractivity contribution in [3.63, 3.8) is 0 Å². The number of halogens is 1. The Labute approximate surface area is 165 Å². The molecule has 9 nitrogen and oxygen atoms in total. The second kappa shape index (κ2) is 7.82. The fourth-order valence-electron chi connectivity index (χ4n) is 2.54. The zero-order chi connectivity index (χ0) is 21.5. The summed E-state index contributed by atoms with van der Waals surface area (Å²) in [5.41, 5.74) is 4.44. The fraction of sp³-hybridized carbons (Fsp3) is 0.750. The van der Waals surface area contributed by atoms with E-state index >= 15 is 0 Å². The van der Waals surface area contributed by atoms with Crippen LogP contribution in [0.25, 0.3) is 0 Å². The smallest absolute Gasteiger partial charge is 0.351 e. The Bertz CT molecular complexity index is 883. The lowest BCUT2D eigenvalue weighted by Crippen LogP contribution is -2.42. The molecule has 2 rings (SSSR count). The summed E-state index contributed by atoms with van der Waals surface area (Å²) in [6, 6.07) is 0. The highest BCUT2D eigenvalue weighted by Gasteiger charge is 2.43. The van der Waals surface area contributed by atoms with Gasteiger partial charge in [0.1, 0.15) is 6.10 Å². The quantitative estimate of drug-likeness (QED) is 0.526. The summed E-state index contributed by atoms with van der Waals surface area (Å²) in [4.78, 5) is 15.5. The minimum Gasteiger partial charge on any atom is -0.414 e. The molecule has 1 fully saturated rings. The number of anilines is 1. The standard InChI is InChI=1S/C16H28FN3O6SSi/c1-16(2,3)28(5,6)24-9-10-7-12(26-27(4,22)23)14(25-10)20-8-11(17)13(18)19-15(20)21/h8,10,12,14H,7,9H2,1-6H3,(H2,18,19,21)/t10-,12-,14+/m1/s1. The molecule has 1 saturated heterocycles. The molecule has 12 heteroatoms. The number of hydrogen-bond acceptors (Lipinski definition) is 8. The van der Waals surface area contributed by atoms with Crippen LogP contribution in [0.15, 0.2) is 11.0 Å². The lowest BCUT2D eigenvalue weighted by molar-refractivity contribution is -0.0456. The van der Waals surface area contributed by atoms with Gasteiger partial charge in [-0.05, 0) is 18.1 Å². The number of hydrogen-bond donors (Lipinski definition) is 1. The SMILES string of the molecule is CC(C)(C)[Si](C)(C)OC[C@H]1C[C@@H](OS(C)(=O)=O)[C@@H](n2cc(F)c(N)nc2=O)O1. The van der Waals surface area contributed by atoms with Gasteiger partial charge in [0, 0.05) is 6.42 Å². The molecule has 0 radical (unpaired) electrons. The number of ether oxygens (including phenoxy) is 1. The first-order valence-corrected chi connectivity index (χ1v) is 13.5. The molecule has 3 atom stereocenters. The van der Waals surface area contributed by atoms with Crippen LogP contribution in [0, 0.1) is 5.82 Å². The zero-order valence-electron chi connectivity index (χ0n) is 16.9. The van der Waals surface area contributed by atoms with Crippen LogP contribution >= 0.6 is 0 Å². The lowest BCUT2D eigenvalue weighted by atomic mass is 10.2. The van der Waals surface area contributed by atoms with E-state index in [-0.39, 0.29) is 18.1 Å². The van der Waals surface area contributed by atoms with Crippen LogP contribution in [0.1, 0.15) is 33.4 Å². The maximum absolute atomic E-state index is 13.8. The molecule has 0 unspecified atom stereocenters. The van der Waals surface area contributed by atoms with Gasteiger partial charge in [0.15, 0.2) is 26.2 Å². The minimum atomic E-state index is -3.84. The first-order valence-electron chi connectivity index (χ1n) is 8.82. The molecule has 0 amide bonds. The Morgan fingerprint density at radius 1 is 1.43 bits per heavy atom. The maximum atomic E-state index is 13.8. The van der Waals surface area contributed by atoms with Crippen molar-refractivity contribution in [1.29, 1.82) is 0 Å². The summed E-state index contributed by atoms with van der Waals surface area (Å²) >= 11 is 0. The second-order valence-electron chi connectivity index (χ2n) is 8.46. The summed E-state index contributed by atoms with van der Waals surface area (Å²) in [6.45, 7) is 10.6. The van der Waals surface area contributed by atoms with E-state index in [0.29, 0.717) is 0 Å². The van der Waals surface area contributed by atoms with E-state index in [0.717, 1.165) is 17.0 Å². The fourth-order valence-corrected chi connectivity index (χ4v) is 4.20. The summed E-state index contributed by atoms with van der Waals surface area (Å²) in [6.07, 6.45) is -0.828. The van der Waals surface area contributed by atoms with E-state index < -0.39 is 54.2 Å². The average molecular weight is 438 g/mol. The van der Waals surface area contributed by atoms with E-state index in [9.17, 15) is 17.6 Å². The van der Waals surface area contributed by atoms with Gasteiger partial charge in [0.2, 0.25) is 0 Å². The molecule has 1 aliphatic rings. The topological polar surface area (TPSA) is 123 Å². The molecular formula is C16H28FN3O6SSi. The van der Waals surface area contributed by atoms with Crippen LogP contribution in [0.3, 0.4) is 0 Å². The minimum absolute atomic E-state index is 0.0192. The third-order valence-corrected chi connectivity index (χ3v) is 10.2. The summed E-state index contributed by atoms with van der Waals surface area (Å²) in [7, 11) is -5.90. The predicted octanol–water partition coefficient (Wildman–Crippen LogP) is 1.62. The average Bonchev–Trinajstić information content (AvgIpc) is 2.88. The van der Waals surface area contributed by atoms with Gasteiger partial charge in [-0.25, -0.2) is 9.18 Å². The van der Waals surface area contributed by atoms with Gasteiger partial charge in [-0.3, -0.25) is 8.75 Å². The second-order valence-corrected chi connectivity index (χ2v) is 14.9. The number of aromatic nitrogens is 2. The Morgan fingerprint density at radius 2 is 2.04 bits per heavy atom. The van der Waals surface area contributed by atoms with Gasteiger partial charge in [0.05, 0.1) is 25.2 Å². The van der Waals surface area contributed by atoms with Crippen LogP contribution in [-0.2, 0) is 23.5 Å². The lowest BCUT2D eigenvalue weighted by Gasteiger charge is -2.36. The van der Waals surface area contributed by atoms with E-state index in [1.54, 1.807) is 0 Å². The molecule has 0 bridgehead atoms. The molecule has 1 aromatic rings. The molecular weight excluding hydrogens is 409 g/mol. The summed E-state index contributed by atoms with van der Waals surface area (Å²) in [5, 5.41) is -0.0192. The largest absolute Gasteiger partial charge is 0.414 e. The highest BCUT2D eigenvalue weighted by molar-refractivity contribution is 7.86. The monoisotopic (exact) mass is 437 g/mol. The van der Waals surface area contributed by atoms with Crippen LogP contribution in [0.2, 0.25) is 18.1 Å². The summed E-state index contributed by atoms with van der Waals surface area (Å²) < 4.78 is 55.0. The first-order chi connectivity index (χ1) is 12.6. The number of nitrogen functional groups attached to an aromatic ring is 1. The zero-order valence-corrected chi connectivity index (χ0v) is 18.7. The Morgan fingerprint density at radius 3 is 2.57 bits per heavy atom. The van der Waals surface area contributed by atoms with Crippen molar-refractivity contribution in [3.05, 3.63) is 22.5 Å². The molecule has 0 spiro atoms. The first kappa shape index (κ1) is 22.9. The Hall–Kier alpha value is -1.34. The third kappa shape index (κ3) is 5.38. The highest BCUT2D eigenvalue weighted by atomic mass is 32.2. The van der Waals surface area contributed by atoms with Crippen LogP contribution < -0.4 is 11.4 Å². The third-order valence-electron chi connectivity index (χ3n) is 5.09. The maximum Gasteiger partial charge on any atom is 0.351 e. The van der Waals surface area contributed by atoms with Crippen molar-refractivity contribution in [2.75, 3.05) is 18.6 Å². The van der Waals surface area contributed by atoms with Gasteiger partial charge in [-0.15, -0.1) is 0 Å². The highest BCUT2D eigenvalue weighted by Crippen LogP contribution is 2.38. The van der Waals surface area contributed by atoms with Crippen molar-refractivity contribution in [2.24, 2.45) is 0 Å².